The zero-order valence-electron chi connectivity index (χ0n) is 10.4. The van der Waals surface area contributed by atoms with Crippen molar-refractivity contribution in [2.45, 2.75) is 45.1 Å². The molecule has 2 N–H and O–H groups in total. The predicted molar refractivity (Wildman–Crippen MR) is 72.4 cm³/mol. The van der Waals surface area contributed by atoms with Crippen molar-refractivity contribution < 1.29 is 4.39 Å². The minimum Gasteiger partial charge on any atom is -0.325 e. The molecule has 0 radical (unpaired) electrons. The van der Waals surface area contributed by atoms with Gasteiger partial charge >= 0.3 is 0 Å². The van der Waals surface area contributed by atoms with Crippen LogP contribution in [0.1, 0.15) is 38.7 Å². The Morgan fingerprint density at radius 2 is 2.06 bits per heavy atom. The molecule has 94 valence electrons. The van der Waals surface area contributed by atoms with Crippen molar-refractivity contribution in [3.8, 4) is 0 Å². The topological polar surface area (TPSA) is 26.0 Å². The summed E-state index contributed by atoms with van der Waals surface area (Å²) in [7, 11) is 0. The smallest absolute Gasteiger partial charge is 0.123 e. The first-order chi connectivity index (χ1) is 7.80. The highest BCUT2D eigenvalue weighted by Gasteiger charge is 2.40. The summed E-state index contributed by atoms with van der Waals surface area (Å²) < 4.78 is 14.2. The lowest BCUT2D eigenvalue weighted by molar-refractivity contribution is 0.334. The summed E-state index contributed by atoms with van der Waals surface area (Å²) in [6.45, 7) is 4.50. The van der Waals surface area contributed by atoms with E-state index in [4.69, 9.17) is 5.73 Å². The van der Waals surface area contributed by atoms with Crippen molar-refractivity contribution in [1.82, 2.24) is 0 Å². The van der Waals surface area contributed by atoms with Gasteiger partial charge in [-0.05, 0) is 54.9 Å². The van der Waals surface area contributed by atoms with Crippen LogP contribution in [-0.2, 0) is 6.42 Å². The molecule has 1 aliphatic rings. The average Bonchev–Trinajstić information content (AvgIpc) is 2.47. The molecule has 2 rings (SSSR count). The summed E-state index contributed by atoms with van der Waals surface area (Å²) in [5, 5.41) is 0. The zero-order chi connectivity index (χ0) is 12.7. The van der Waals surface area contributed by atoms with Crippen LogP contribution in [0, 0.1) is 11.2 Å². The van der Waals surface area contributed by atoms with Crippen molar-refractivity contribution in [3.05, 3.63) is 34.1 Å². The lowest BCUT2D eigenvalue weighted by Crippen LogP contribution is -2.40. The van der Waals surface area contributed by atoms with Gasteiger partial charge < -0.3 is 5.73 Å². The number of hydrogen-bond acceptors (Lipinski definition) is 1. The minimum atomic E-state index is -0.191. The van der Waals surface area contributed by atoms with Gasteiger partial charge in [0.15, 0.2) is 0 Å². The normalized spacial score (nSPS) is 27.4. The fraction of sp³-hybridized carbons (Fsp3) is 0.571. The molecule has 1 aromatic rings. The van der Waals surface area contributed by atoms with Crippen molar-refractivity contribution in [2.24, 2.45) is 11.1 Å². The van der Waals surface area contributed by atoms with Crippen LogP contribution >= 0.6 is 15.9 Å². The van der Waals surface area contributed by atoms with Crippen LogP contribution in [0.25, 0.3) is 0 Å². The van der Waals surface area contributed by atoms with Gasteiger partial charge in [-0.25, -0.2) is 4.39 Å². The molecule has 0 aliphatic heterocycles. The van der Waals surface area contributed by atoms with Crippen molar-refractivity contribution in [1.29, 1.82) is 0 Å². The van der Waals surface area contributed by atoms with E-state index in [0.717, 1.165) is 35.7 Å². The maximum Gasteiger partial charge on any atom is 0.123 e. The molecule has 1 unspecified atom stereocenters. The summed E-state index contributed by atoms with van der Waals surface area (Å²) >= 11 is 3.47. The molecule has 0 amide bonds. The highest BCUT2D eigenvalue weighted by Crippen LogP contribution is 2.44. The molecule has 17 heavy (non-hydrogen) atoms. The van der Waals surface area contributed by atoms with Gasteiger partial charge in [0.05, 0.1) is 0 Å². The average molecular weight is 300 g/mol. The first-order valence-corrected chi connectivity index (χ1v) is 6.82. The Kier molecular flexibility index (Phi) is 3.34. The third kappa shape index (κ3) is 3.08. The Balaban J connectivity index is 2.18. The summed E-state index contributed by atoms with van der Waals surface area (Å²) in [4.78, 5) is 0. The second-order valence-electron chi connectivity index (χ2n) is 6.12. The van der Waals surface area contributed by atoms with Gasteiger partial charge in [-0.1, -0.05) is 29.8 Å². The number of benzene rings is 1. The molecular weight excluding hydrogens is 281 g/mol. The van der Waals surface area contributed by atoms with E-state index in [1.165, 1.54) is 6.07 Å². The van der Waals surface area contributed by atoms with E-state index < -0.39 is 0 Å². The largest absolute Gasteiger partial charge is 0.325 e. The van der Waals surface area contributed by atoms with Gasteiger partial charge in [-0.15, -0.1) is 0 Å². The first-order valence-electron chi connectivity index (χ1n) is 6.03. The quantitative estimate of drug-likeness (QED) is 0.876. The number of hydrogen-bond donors (Lipinski definition) is 1. The molecule has 1 nitrogen and oxygen atoms in total. The van der Waals surface area contributed by atoms with E-state index in [1.54, 1.807) is 12.1 Å². The van der Waals surface area contributed by atoms with E-state index in [-0.39, 0.29) is 11.4 Å². The number of halogens is 2. The Bertz CT molecular complexity index is 430. The van der Waals surface area contributed by atoms with Gasteiger partial charge in [0.1, 0.15) is 5.82 Å². The zero-order valence-corrected chi connectivity index (χ0v) is 12.0. The molecule has 3 heteroatoms. The molecule has 1 atom stereocenters. The van der Waals surface area contributed by atoms with E-state index in [0.29, 0.717) is 5.41 Å². The summed E-state index contributed by atoms with van der Waals surface area (Å²) in [5.74, 6) is -0.191. The fourth-order valence-corrected chi connectivity index (χ4v) is 3.31. The summed E-state index contributed by atoms with van der Waals surface area (Å²) in [6.07, 6.45) is 3.91. The maximum atomic E-state index is 13.2. The molecule has 0 spiro atoms. The van der Waals surface area contributed by atoms with E-state index in [2.05, 4.69) is 29.8 Å². The molecule has 1 saturated carbocycles. The Hall–Kier alpha value is -0.410. The molecule has 0 saturated heterocycles. The van der Waals surface area contributed by atoms with Gasteiger partial charge in [-0.3, -0.25) is 0 Å². The van der Waals surface area contributed by atoms with Gasteiger partial charge in [0.25, 0.3) is 0 Å². The molecule has 1 aromatic carbocycles. The Morgan fingerprint density at radius 3 is 2.65 bits per heavy atom. The van der Waals surface area contributed by atoms with E-state index >= 15 is 0 Å². The van der Waals surface area contributed by atoms with Crippen molar-refractivity contribution in [3.63, 3.8) is 0 Å². The lowest BCUT2D eigenvalue weighted by atomic mass is 9.85. The summed E-state index contributed by atoms with van der Waals surface area (Å²) in [6, 6.07) is 4.81. The second-order valence-corrected chi connectivity index (χ2v) is 6.97. The number of rotatable bonds is 2. The predicted octanol–water partition coefficient (Wildman–Crippen LogP) is 4.04. The highest BCUT2D eigenvalue weighted by molar-refractivity contribution is 9.10. The van der Waals surface area contributed by atoms with Crippen LogP contribution in [0.4, 0.5) is 4.39 Å². The minimum absolute atomic E-state index is 0.181. The highest BCUT2D eigenvalue weighted by atomic mass is 79.9. The third-order valence-corrected chi connectivity index (χ3v) is 4.45. The molecule has 1 fully saturated rings. The van der Waals surface area contributed by atoms with E-state index in [1.807, 2.05) is 0 Å². The molecule has 0 aromatic heterocycles. The third-order valence-electron chi connectivity index (χ3n) is 3.68. The van der Waals surface area contributed by atoms with Crippen LogP contribution in [0.5, 0.6) is 0 Å². The van der Waals surface area contributed by atoms with Gasteiger partial charge in [0, 0.05) is 10.0 Å². The van der Waals surface area contributed by atoms with E-state index in [9.17, 15) is 4.39 Å². The standard InChI is InChI=1S/C14H19BrFN/c1-13(2)5-6-14(17,9-13)8-10-7-11(16)3-4-12(10)15/h3-4,7H,5-6,8-9,17H2,1-2H3. The maximum absolute atomic E-state index is 13.2. The molecule has 0 heterocycles. The Morgan fingerprint density at radius 1 is 1.35 bits per heavy atom. The monoisotopic (exact) mass is 299 g/mol. The fourth-order valence-electron chi connectivity index (χ4n) is 2.93. The van der Waals surface area contributed by atoms with Crippen LogP contribution in [0.3, 0.4) is 0 Å². The van der Waals surface area contributed by atoms with Crippen molar-refractivity contribution >= 4 is 15.9 Å². The molecular formula is C14H19BrFN. The lowest BCUT2D eigenvalue weighted by Gasteiger charge is -2.27. The Labute approximate surface area is 111 Å². The first kappa shape index (κ1) is 13.0. The summed E-state index contributed by atoms with van der Waals surface area (Å²) in [5.41, 5.74) is 7.55. The SMILES string of the molecule is CC1(C)CCC(N)(Cc2cc(F)ccc2Br)C1. The van der Waals surface area contributed by atoms with Crippen LogP contribution < -0.4 is 5.73 Å². The van der Waals surface area contributed by atoms with Crippen LogP contribution in [-0.4, -0.2) is 5.54 Å². The van der Waals surface area contributed by atoms with Gasteiger partial charge in [-0.2, -0.15) is 0 Å². The van der Waals surface area contributed by atoms with Gasteiger partial charge in [0.2, 0.25) is 0 Å². The second kappa shape index (κ2) is 4.36. The van der Waals surface area contributed by atoms with Crippen molar-refractivity contribution in [2.75, 3.05) is 0 Å². The van der Waals surface area contributed by atoms with Crippen LogP contribution in [0.15, 0.2) is 22.7 Å². The molecule has 1 aliphatic carbocycles. The van der Waals surface area contributed by atoms with Crippen LogP contribution in [0.2, 0.25) is 0 Å². The molecule has 0 bridgehead atoms. The number of nitrogens with two attached hydrogens (primary N) is 1.